The van der Waals surface area contributed by atoms with Crippen LogP contribution in [0, 0.1) is 0 Å². The lowest BCUT2D eigenvalue weighted by Crippen LogP contribution is -2.67. The Labute approximate surface area is 225 Å². The molecule has 1 saturated heterocycles. The maximum absolute atomic E-state index is 12.4. The molecule has 0 aliphatic carbocycles. The minimum absolute atomic E-state index is 0.320. The molecule has 0 bridgehead atoms. The van der Waals surface area contributed by atoms with Gasteiger partial charge in [0.25, 0.3) is 0 Å². The van der Waals surface area contributed by atoms with Crippen LogP contribution in [0.15, 0.2) is 36.4 Å². The van der Waals surface area contributed by atoms with Crippen LogP contribution in [-0.2, 0) is 23.7 Å². The third-order valence-electron chi connectivity index (χ3n) is 6.80. The molecule has 1 heterocycles. The number of benzene rings is 1. The summed E-state index contributed by atoms with van der Waals surface area (Å²) in [7, 11) is 0. The molecule has 2 rings (SSSR count). The number of aliphatic hydroxyl groups is 1. The Morgan fingerprint density at radius 3 is 1.92 bits per heavy atom. The van der Waals surface area contributed by atoms with Gasteiger partial charge in [-0.2, -0.15) is 0 Å². The van der Waals surface area contributed by atoms with Crippen LogP contribution >= 0.6 is 0 Å². The minimum atomic E-state index is -1.72. The summed E-state index contributed by atoms with van der Waals surface area (Å²) in [4.78, 5) is 0. The third-order valence-corrected chi connectivity index (χ3v) is 6.80. The standard InChI is InChI=1S/C31H52O6/c1-6-11-20-33-24-27-28(34-21-12-7-2)29(35-22-13-8-3)30(36-23-14-9-4)31(32,37-27)26(10-5)25-18-16-15-17-19-25/h10,15-19,27-30,32H,6-9,11-14,20-24H2,1-5H3/b26-10-/t27-,28-,29+,30-,31+/m1/s1. The molecule has 5 atom stereocenters. The number of rotatable bonds is 19. The molecule has 0 aromatic heterocycles. The molecule has 212 valence electrons. The van der Waals surface area contributed by atoms with E-state index < -0.39 is 30.2 Å². The first-order valence-electron chi connectivity index (χ1n) is 14.6. The molecule has 0 amide bonds. The Morgan fingerprint density at radius 1 is 0.811 bits per heavy atom. The van der Waals surface area contributed by atoms with Crippen molar-refractivity contribution in [3.05, 3.63) is 42.0 Å². The summed E-state index contributed by atoms with van der Waals surface area (Å²) >= 11 is 0. The maximum atomic E-state index is 12.4. The zero-order chi connectivity index (χ0) is 26.9. The van der Waals surface area contributed by atoms with Crippen molar-refractivity contribution >= 4 is 5.57 Å². The van der Waals surface area contributed by atoms with Crippen molar-refractivity contribution in [2.24, 2.45) is 0 Å². The van der Waals surface area contributed by atoms with Gasteiger partial charge in [-0.05, 0) is 38.2 Å². The highest BCUT2D eigenvalue weighted by Crippen LogP contribution is 2.42. The van der Waals surface area contributed by atoms with E-state index in [1.54, 1.807) is 0 Å². The highest BCUT2D eigenvalue weighted by molar-refractivity contribution is 5.71. The molecule has 0 radical (unpaired) electrons. The Balaban J connectivity index is 2.51. The van der Waals surface area contributed by atoms with Crippen LogP contribution in [0.5, 0.6) is 0 Å². The maximum Gasteiger partial charge on any atom is 0.223 e. The molecule has 1 N–H and O–H groups in total. The highest BCUT2D eigenvalue weighted by atomic mass is 16.7. The number of allylic oxidation sites excluding steroid dienone is 1. The van der Waals surface area contributed by atoms with Gasteiger partial charge in [-0.3, -0.25) is 0 Å². The molecule has 1 aliphatic heterocycles. The van der Waals surface area contributed by atoms with E-state index in [-0.39, 0.29) is 0 Å². The van der Waals surface area contributed by atoms with Crippen LogP contribution < -0.4 is 0 Å². The molecule has 1 aliphatic rings. The predicted octanol–water partition coefficient (Wildman–Crippen LogP) is 6.55. The van der Waals surface area contributed by atoms with Crippen LogP contribution in [-0.4, -0.2) is 68.3 Å². The lowest BCUT2D eigenvalue weighted by Gasteiger charge is -2.51. The van der Waals surface area contributed by atoms with E-state index in [2.05, 4.69) is 27.7 Å². The fraction of sp³-hybridized carbons (Fsp3) is 0.742. The van der Waals surface area contributed by atoms with Crippen LogP contribution in [0.1, 0.15) is 91.5 Å². The smallest absolute Gasteiger partial charge is 0.223 e. The van der Waals surface area contributed by atoms with Gasteiger partial charge in [0, 0.05) is 32.0 Å². The predicted molar refractivity (Wildman–Crippen MR) is 150 cm³/mol. The van der Waals surface area contributed by atoms with Gasteiger partial charge in [-0.1, -0.05) is 89.8 Å². The van der Waals surface area contributed by atoms with Crippen molar-refractivity contribution < 1.29 is 28.8 Å². The summed E-state index contributed by atoms with van der Waals surface area (Å²) in [6.07, 6.45) is 7.57. The van der Waals surface area contributed by atoms with E-state index in [9.17, 15) is 5.11 Å². The van der Waals surface area contributed by atoms with Crippen LogP contribution in [0.2, 0.25) is 0 Å². The van der Waals surface area contributed by atoms with Gasteiger partial charge in [0.15, 0.2) is 0 Å². The molecule has 0 unspecified atom stereocenters. The second-order valence-electron chi connectivity index (χ2n) is 9.87. The van der Waals surface area contributed by atoms with E-state index in [0.717, 1.165) is 56.9 Å². The average Bonchev–Trinajstić information content (AvgIpc) is 2.90. The van der Waals surface area contributed by atoms with Crippen LogP contribution in [0.4, 0.5) is 0 Å². The molecule has 6 nitrogen and oxygen atoms in total. The molecule has 0 saturated carbocycles. The first-order valence-corrected chi connectivity index (χ1v) is 14.6. The third kappa shape index (κ3) is 9.45. The quantitative estimate of drug-likeness (QED) is 0.209. The summed E-state index contributed by atoms with van der Waals surface area (Å²) in [5.74, 6) is -1.72. The number of hydrogen-bond acceptors (Lipinski definition) is 6. The Morgan fingerprint density at radius 2 is 1.35 bits per heavy atom. The number of ether oxygens (including phenoxy) is 5. The molecular weight excluding hydrogens is 468 g/mol. The van der Waals surface area contributed by atoms with Gasteiger partial charge < -0.3 is 28.8 Å². The lowest BCUT2D eigenvalue weighted by molar-refractivity contribution is -0.342. The van der Waals surface area contributed by atoms with Gasteiger partial charge in [-0.25, -0.2) is 0 Å². The summed E-state index contributed by atoms with van der Waals surface area (Å²) in [5.41, 5.74) is 1.56. The van der Waals surface area contributed by atoms with Crippen molar-refractivity contribution in [2.75, 3.05) is 33.0 Å². The molecular formula is C31H52O6. The number of unbranched alkanes of at least 4 members (excludes halogenated alkanes) is 4. The van der Waals surface area contributed by atoms with Crippen LogP contribution in [0.3, 0.4) is 0 Å². The van der Waals surface area contributed by atoms with Gasteiger partial charge in [0.1, 0.15) is 24.4 Å². The fourth-order valence-corrected chi connectivity index (χ4v) is 4.64. The van der Waals surface area contributed by atoms with Crippen molar-refractivity contribution in [2.45, 2.75) is 116 Å². The highest BCUT2D eigenvalue weighted by Gasteiger charge is 2.58. The monoisotopic (exact) mass is 520 g/mol. The van der Waals surface area contributed by atoms with E-state index in [0.29, 0.717) is 38.6 Å². The summed E-state index contributed by atoms with van der Waals surface area (Å²) in [5, 5.41) is 12.4. The summed E-state index contributed by atoms with van der Waals surface area (Å²) in [6.45, 7) is 13.1. The molecule has 6 heteroatoms. The first kappa shape index (κ1) is 31.9. The van der Waals surface area contributed by atoms with Gasteiger partial charge >= 0.3 is 0 Å². The zero-order valence-corrected chi connectivity index (χ0v) is 24.0. The number of hydrogen-bond donors (Lipinski definition) is 1. The molecule has 1 aromatic carbocycles. The summed E-state index contributed by atoms with van der Waals surface area (Å²) in [6, 6.07) is 9.88. The topological polar surface area (TPSA) is 66.4 Å². The van der Waals surface area contributed by atoms with Crippen molar-refractivity contribution in [3.8, 4) is 0 Å². The van der Waals surface area contributed by atoms with E-state index in [1.165, 1.54) is 0 Å². The lowest BCUT2D eigenvalue weighted by atomic mass is 9.84. The van der Waals surface area contributed by atoms with Gasteiger partial charge in [-0.15, -0.1) is 0 Å². The van der Waals surface area contributed by atoms with E-state index >= 15 is 0 Å². The fourth-order valence-electron chi connectivity index (χ4n) is 4.64. The zero-order valence-electron chi connectivity index (χ0n) is 24.0. The summed E-state index contributed by atoms with van der Waals surface area (Å²) < 4.78 is 32.1. The Kier molecular flexibility index (Phi) is 15.6. The van der Waals surface area contributed by atoms with Crippen molar-refractivity contribution in [1.29, 1.82) is 0 Å². The normalized spacial score (nSPS) is 26.5. The first-order chi connectivity index (χ1) is 18.1. The second-order valence-corrected chi connectivity index (χ2v) is 9.87. The molecule has 37 heavy (non-hydrogen) atoms. The van der Waals surface area contributed by atoms with Crippen molar-refractivity contribution in [1.82, 2.24) is 0 Å². The van der Waals surface area contributed by atoms with Gasteiger partial charge in [0.05, 0.1) is 6.61 Å². The minimum Gasteiger partial charge on any atom is -0.379 e. The second kappa shape index (κ2) is 18.1. The SMILES string of the molecule is C/C=C(/c1ccccc1)[C@]1(O)O[C@H](COCCCC)[C@@H](OCCCC)[C@H](OCCCC)[C@H]1OCCCC. The Hall–Kier alpha value is -1.28. The Bertz CT molecular complexity index is 738. The van der Waals surface area contributed by atoms with E-state index in [1.807, 2.05) is 43.3 Å². The molecule has 1 aromatic rings. The molecule has 1 fully saturated rings. The van der Waals surface area contributed by atoms with Crippen LogP contribution in [0.25, 0.3) is 5.57 Å². The van der Waals surface area contributed by atoms with Crippen molar-refractivity contribution in [3.63, 3.8) is 0 Å². The largest absolute Gasteiger partial charge is 0.379 e. The van der Waals surface area contributed by atoms with E-state index in [4.69, 9.17) is 23.7 Å². The molecule has 0 spiro atoms. The average molecular weight is 521 g/mol. The van der Waals surface area contributed by atoms with Gasteiger partial charge in [0.2, 0.25) is 5.79 Å².